The summed E-state index contributed by atoms with van der Waals surface area (Å²) in [6.07, 6.45) is -0.145. The molecule has 1 unspecified atom stereocenters. The highest BCUT2D eigenvalue weighted by Crippen LogP contribution is 2.39. The van der Waals surface area contributed by atoms with E-state index in [2.05, 4.69) is 17.9 Å². The van der Waals surface area contributed by atoms with Crippen molar-refractivity contribution < 1.29 is 19.8 Å². The zero-order chi connectivity index (χ0) is 19.6. The second-order valence-electron chi connectivity index (χ2n) is 8.40. The molecule has 1 amide bonds. The molecule has 25 heavy (non-hydrogen) atoms. The first-order chi connectivity index (χ1) is 11.2. The van der Waals surface area contributed by atoms with E-state index in [9.17, 15) is 14.7 Å². The van der Waals surface area contributed by atoms with Gasteiger partial charge in [-0.3, -0.25) is 9.59 Å². The minimum Gasteiger partial charge on any atom is -0.507 e. The van der Waals surface area contributed by atoms with Crippen LogP contribution in [0.1, 0.15) is 64.7 Å². The average molecular weight is 368 g/mol. The van der Waals surface area contributed by atoms with Crippen LogP contribution in [0.15, 0.2) is 12.1 Å². The third kappa shape index (κ3) is 6.27. The Morgan fingerprint density at radius 2 is 1.52 bits per heavy atom. The Labute approximate surface area is 155 Å². The van der Waals surface area contributed by atoms with E-state index >= 15 is 0 Å². The summed E-state index contributed by atoms with van der Waals surface area (Å²) in [5, 5.41) is 21.3. The summed E-state index contributed by atoms with van der Waals surface area (Å²) in [6, 6.07) is 3.68. The third-order valence-electron chi connectivity index (χ3n) is 3.85. The molecular weight excluding hydrogens is 338 g/mol. The van der Waals surface area contributed by atoms with Crippen molar-refractivity contribution in [3.63, 3.8) is 0 Å². The van der Waals surface area contributed by atoms with E-state index in [1.54, 1.807) is 0 Å². The Morgan fingerprint density at radius 3 is 1.88 bits per heavy atom. The summed E-state index contributed by atoms with van der Waals surface area (Å²) in [4.78, 5) is 22.9. The van der Waals surface area contributed by atoms with Crippen LogP contribution in [0, 0.1) is 0 Å². The van der Waals surface area contributed by atoms with Gasteiger partial charge in [0.05, 0.1) is 18.2 Å². The highest BCUT2D eigenvalue weighted by atomic mass is 32.1. The Kier molecular flexibility index (Phi) is 6.56. The molecular formula is C19H29NO4S. The largest absolute Gasteiger partial charge is 0.507 e. The predicted molar refractivity (Wildman–Crippen MR) is 102 cm³/mol. The van der Waals surface area contributed by atoms with Gasteiger partial charge in [-0.1, -0.05) is 53.7 Å². The van der Waals surface area contributed by atoms with E-state index in [-0.39, 0.29) is 35.3 Å². The Morgan fingerprint density at radius 1 is 1.08 bits per heavy atom. The van der Waals surface area contributed by atoms with Gasteiger partial charge in [0.2, 0.25) is 5.91 Å². The number of aromatic hydroxyl groups is 1. The third-order valence-corrected chi connectivity index (χ3v) is 4.16. The lowest BCUT2D eigenvalue weighted by Crippen LogP contribution is -2.33. The number of nitrogens with one attached hydrogen (secondary N) is 1. The van der Waals surface area contributed by atoms with Crippen LogP contribution in [0.3, 0.4) is 0 Å². The molecule has 0 bridgehead atoms. The number of carboxylic acids is 1. The first-order valence-corrected chi connectivity index (χ1v) is 8.79. The van der Waals surface area contributed by atoms with Gasteiger partial charge >= 0.3 is 5.97 Å². The van der Waals surface area contributed by atoms with Crippen LogP contribution < -0.4 is 5.32 Å². The number of carboxylic acid groups (broad SMARTS) is 1. The minimum absolute atomic E-state index is 0.100. The smallest absolute Gasteiger partial charge is 0.306 e. The van der Waals surface area contributed by atoms with Crippen LogP contribution in [0.25, 0.3) is 0 Å². The molecule has 140 valence electrons. The van der Waals surface area contributed by atoms with Gasteiger partial charge in [-0.05, 0) is 27.5 Å². The number of phenols is 1. The van der Waals surface area contributed by atoms with Gasteiger partial charge in [0.25, 0.3) is 0 Å². The lowest BCUT2D eigenvalue weighted by Gasteiger charge is -2.28. The van der Waals surface area contributed by atoms with E-state index in [0.717, 1.165) is 16.7 Å². The van der Waals surface area contributed by atoms with Crippen molar-refractivity contribution in [2.75, 3.05) is 0 Å². The first kappa shape index (κ1) is 21.4. The maximum Gasteiger partial charge on any atom is 0.306 e. The molecule has 0 aliphatic carbocycles. The highest BCUT2D eigenvalue weighted by Gasteiger charge is 2.27. The molecule has 0 radical (unpaired) electrons. The number of phenolic OH excluding ortho intramolecular Hbond substituents is 1. The molecule has 0 saturated heterocycles. The maximum atomic E-state index is 12.2. The maximum absolute atomic E-state index is 12.2. The van der Waals surface area contributed by atoms with Crippen molar-refractivity contribution >= 4 is 24.5 Å². The number of aliphatic carboxylic acids is 1. The average Bonchev–Trinajstić information content (AvgIpc) is 2.36. The molecule has 0 heterocycles. The molecule has 6 heteroatoms. The number of benzene rings is 1. The monoisotopic (exact) mass is 367 g/mol. The van der Waals surface area contributed by atoms with Crippen molar-refractivity contribution in [2.45, 2.75) is 70.6 Å². The molecule has 3 N–H and O–H groups in total. The fourth-order valence-electron chi connectivity index (χ4n) is 2.58. The van der Waals surface area contributed by atoms with Gasteiger partial charge in [0.1, 0.15) is 5.75 Å². The molecule has 0 saturated carbocycles. The number of hydrogen-bond acceptors (Lipinski definition) is 4. The zero-order valence-corrected chi connectivity index (χ0v) is 16.7. The molecule has 5 nitrogen and oxygen atoms in total. The summed E-state index contributed by atoms with van der Waals surface area (Å²) in [5.74, 6) is -1.05. The highest BCUT2D eigenvalue weighted by molar-refractivity contribution is 7.80. The van der Waals surface area contributed by atoms with Gasteiger partial charge in [0.15, 0.2) is 0 Å². The lowest BCUT2D eigenvalue weighted by molar-refractivity contribution is -0.137. The summed E-state index contributed by atoms with van der Waals surface area (Å²) >= 11 is 4.07. The standard InChI is InChI=1S/C19H29NO4S/c1-18(2,3)12-7-11(8-13(17(12)24)19(4,5)6)9-14(21)20-15(25)10-16(22)23/h7-8,15,24-25H,9-10H2,1-6H3,(H,20,21)(H,22,23). The SMILES string of the molecule is CC(C)(C)c1cc(CC(=O)NC(S)CC(=O)O)cc(C(C)(C)C)c1O. The Balaban J connectivity index is 3.15. The number of amides is 1. The van der Waals surface area contributed by atoms with Crippen molar-refractivity contribution in [1.82, 2.24) is 5.32 Å². The van der Waals surface area contributed by atoms with Crippen molar-refractivity contribution in [3.05, 3.63) is 28.8 Å². The fourth-order valence-corrected chi connectivity index (χ4v) is 2.88. The summed E-state index contributed by atoms with van der Waals surface area (Å²) < 4.78 is 0. The summed E-state index contributed by atoms with van der Waals surface area (Å²) in [5.41, 5.74) is 1.81. The second kappa shape index (κ2) is 7.68. The lowest BCUT2D eigenvalue weighted by atomic mass is 9.78. The Hall–Kier alpha value is -1.69. The van der Waals surface area contributed by atoms with E-state index in [1.807, 2.05) is 53.7 Å². The number of carbonyl (C=O) groups excluding carboxylic acids is 1. The number of hydrogen-bond donors (Lipinski definition) is 4. The quantitative estimate of drug-likeness (QED) is 0.475. The Bertz CT molecular complexity index is 621. The second-order valence-corrected chi connectivity index (χ2v) is 9.02. The van der Waals surface area contributed by atoms with Crippen LogP contribution in [-0.4, -0.2) is 27.5 Å². The number of thiol groups is 1. The molecule has 1 aromatic carbocycles. The topological polar surface area (TPSA) is 86.6 Å². The van der Waals surface area contributed by atoms with Crippen LogP contribution in [0.2, 0.25) is 0 Å². The molecule has 1 aromatic rings. The number of rotatable bonds is 5. The van der Waals surface area contributed by atoms with E-state index in [0.29, 0.717) is 0 Å². The predicted octanol–water partition coefficient (Wildman–Crippen LogP) is 3.38. The van der Waals surface area contributed by atoms with Gasteiger partial charge in [0, 0.05) is 0 Å². The van der Waals surface area contributed by atoms with Gasteiger partial charge in [-0.25, -0.2) is 0 Å². The van der Waals surface area contributed by atoms with Crippen molar-refractivity contribution in [1.29, 1.82) is 0 Å². The molecule has 0 aliphatic heterocycles. The van der Waals surface area contributed by atoms with Gasteiger partial charge in [-0.2, -0.15) is 12.6 Å². The summed E-state index contributed by atoms with van der Waals surface area (Å²) in [6.45, 7) is 12.1. The first-order valence-electron chi connectivity index (χ1n) is 8.28. The normalized spacial score (nSPS) is 13.4. The molecule has 0 aromatic heterocycles. The van der Waals surface area contributed by atoms with Crippen LogP contribution in [-0.2, 0) is 26.8 Å². The summed E-state index contributed by atoms with van der Waals surface area (Å²) in [7, 11) is 0. The molecule has 1 rings (SSSR count). The van der Waals surface area contributed by atoms with Crippen molar-refractivity contribution in [2.24, 2.45) is 0 Å². The van der Waals surface area contributed by atoms with Crippen LogP contribution in [0.4, 0.5) is 0 Å². The molecule has 0 spiro atoms. The van der Waals surface area contributed by atoms with Gasteiger partial charge < -0.3 is 15.5 Å². The fraction of sp³-hybridized carbons (Fsp3) is 0.579. The van der Waals surface area contributed by atoms with E-state index in [1.165, 1.54) is 0 Å². The van der Waals surface area contributed by atoms with Crippen LogP contribution in [0.5, 0.6) is 5.75 Å². The number of carbonyl (C=O) groups is 2. The van der Waals surface area contributed by atoms with E-state index in [4.69, 9.17) is 5.11 Å². The van der Waals surface area contributed by atoms with Crippen molar-refractivity contribution in [3.8, 4) is 5.75 Å². The zero-order valence-electron chi connectivity index (χ0n) is 15.8. The van der Waals surface area contributed by atoms with E-state index < -0.39 is 11.3 Å². The van der Waals surface area contributed by atoms with Gasteiger partial charge in [-0.15, -0.1) is 0 Å². The molecule has 0 aliphatic rings. The van der Waals surface area contributed by atoms with Crippen LogP contribution >= 0.6 is 12.6 Å². The molecule has 1 atom stereocenters. The minimum atomic E-state index is -1.02. The molecule has 0 fully saturated rings.